The molecule has 2 aliphatic heterocycles. The Morgan fingerprint density at radius 2 is 1.76 bits per heavy atom. The number of hydrogen-bond donors (Lipinski definition) is 3. The maximum absolute atomic E-state index is 12.1. The molecule has 4 atom stereocenters. The summed E-state index contributed by atoms with van der Waals surface area (Å²) in [7, 11) is 0. The Morgan fingerprint density at radius 3 is 2.52 bits per heavy atom. The molecule has 0 spiro atoms. The highest BCUT2D eigenvalue weighted by Crippen LogP contribution is 2.35. The summed E-state index contributed by atoms with van der Waals surface area (Å²) in [6.45, 7) is 0.482. The molecule has 2 aromatic carbocycles. The van der Waals surface area contributed by atoms with Crippen molar-refractivity contribution in [1.82, 2.24) is 0 Å². The van der Waals surface area contributed by atoms with Crippen LogP contribution in [0.4, 0.5) is 0 Å². The number of aliphatic hydroxyl groups is 3. The van der Waals surface area contributed by atoms with Crippen LogP contribution < -0.4 is 9.47 Å². The van der Waals surface area contributed by atoms with Gasteiger partial charge in [0.25, 0.3) is 0 Å². The molecule has 29 heavy (non-hydrogen) atoms. The number of benzene rings is 2. The zero-order valence-corrected chi connectivity index (χ0v) is 16.2. The number of ketones is 1. The second-order valence-electron chi connectivity index (χ2n) is 7.08. The van der Waals surface area contributed by atoms with Gasteiger partial charge in [0.05, 0.1) is 6.61 Å². The van der Waals surface area contributed by atoms with Crippen LogP contribution in [0.15, 0.2) is 36.4 Å². The number of halogens is 1. The summed E-state index contributed by atoms with van der Waals surface area (Å²) in [5, 5.41) is 30.0. The average molecular weight is 421 g/mol. The van der Waals surface area contributed by atoms with Crippen LogP contribution in [0.25, 0.3) is 0 Å². The number of ether oxygens (including phenoxy) is 3. The van der Waals surface area contributed by atoms with Gasteiger partial charge in [0.2, 0.25) is 0 Å². The molecular formula is C21H21ClO7. The van der Waals surface area contributed by atoms with Crippen LogP contribution in [-0.4, -0.2) is 59.2 Å². The van der Waals surface area contributed by atoms with Gasteiger partial charge in [-0.25, -0.2) is 0 Å². The largest absolute Gasteiger partial charge is 0.486 e. The van der Waals surface area contributed by atoms with Gasteiger partial charge >= 0.3 is 0 Å². The maximum atomic E-state index is 12.1. The van der Waals surface area contributed by atoms with E-state index in [1.165, 1.54) is 0 Å². The van der Waals surface area contributed by atoms with Crippen LogP contribution >= 0.6 is 11.6 Å². The number of carbonyl (C=O) groups is 1. The molecule has 1 saturated heterocycles. The summed E-state index contributed by atoms with van der Waals surface area (Å²) in [5.41, 5.74) is 2.27. The molecule has 0 aliphatic carbocycles. The minimum atomic E-state index is -1.56. The van der Waals surface area contributed by atoms with E-state index < -0.39 is 36.8 Å². The molecule has 0 unspecified atom stereocenters. The SMILES string of the molecule is O=C1[C@@H](O)[C@@H](CO)O[C@@H](c2ccc(Cl)c(Cc3ccc4c(c3)OCCO4)c2)[C@H]1O. The van der Waals surface area contributed by atoms with Crippen molar-refractivity contribution in [1.29, 1.82) is 0 Å². The van der Waals surface area contributed by atoms with Crippen LogP contribution in [-0.2, 0) is 16.0 Å². The first-order valence-electron chi connectivity index (χ1n) is 9.31. The van der Waals surface area contributed by atoms with Gasteiger partial charge in [0, 0.05) is 5.02 Å². The molecule has 0 amide bonds. The maximum Gasteiger partial charge on any atom is 0.195 e. The molecule has 3 N–H and O–H groups in total. The standard InChI is InChI=1S/C21H21ClO7/c22-14-3-2-12(21-20(26)19(25)18(24)17(10-23)29-21)9-13(14)7-11-1-4-15-16(8-11)28-6-5-27-15/h1-4,8-9,17-18,20-21,23-24,26H,5-7,10H2/t17-,18+,20+,21+/m1/s1. The molecule has 0 saturated carbocycles. The second kappa shape index (κ2) is 8.30. The number of hydrogen-bond acceptors (Lipinski definition) is 7. The first-order valence-corrected chi connectivity index (χ1v) is 9.68. The lowest BCUT2D eigenvalue weighted by molar-refractivity contribution is -0.189. The van der Waals surface area contributed by atoms with E-state index in [1.54, 1.807) is 18.2 Å². The molecule has 0 aromatic heterocycles. The topological polar surface area (TPSA) is 105 Å². The predicted octanol–water partition coefficient (Wildman–Crippen LogP) is 1.43. The minimum Gasteiger partial charge on any atom is -0.486 e. The fourth-order valence-corrected chi connectivity index (χ4v) is 3.76. The van der Waals surface area contributed by atoms with Crippen LogP contribution in [0.3, 0.4) is 0 Å². The molecule has 2 heterocycles. The van der Waals surface area contributed by atoms with Crippen molar-refractivity contribution in [2.24, 2.45) is 0 Å². The Hall–Kier alpha value is -2.16. The lowest BCUT2D eigenvalue weighted by Gasteiger charge is -2.35. The van der Waals surface area contributed by atoms with Crippen molar-refractivity contribution >= 4 is 17.4 Å². The van der Waals surface area contributed by atoms with E-state index in [4.69, 9.17) is 25.8 Å². The fourth-order valence-electron chi connectivity index (χ4n) is 3.57. The molecule has 8 heteroatoms. The van der Waals surface area contributed by atoms with Crippen molar-refractivity contribution in [3.8, 4) is 11.5 Å². The molecule has 0 radical (unpaired) electrons. The van der Waals surface area contributed by atoms with Gasteiger partial charge in [0.1, 0.15) is 37.6 Å². The molecule has 154 valence electrons. The van der Waals surface area contributed by atoms with Crippen LogP contribution in [0, 0.1) is 0 Å². The summed E-state index contributed by atoms with van der Waals surface area (Å²) in [6.07, 6.45) is -4.69. The first-order chi connectivity index (χ1) is 14.0. The summed E-state index contributed by atoms with van der Waals surface area (Å²) in [5.74, 6) is 0.603. The van der Waals surface area contributed by atoms with Crippen LogP contribution in [0.5, 0.6) is 11.5 Å². The normalized spacial score (nSPS) is 26.4. The van der Waals surface area contributed by atoms with Gasteiger partial charge in [-0.1, -0.05) is 29.8 Å². The smallest absolute Gasteiger partial charge is 0.195 e. The third kappa shape index (κ3) is 3.97. The molecule has 4 rings (SSSR count). The Labute approximate surface area is 172 Å². The highest BCUT2D eigenvalue weighted by atomic mass is 35.5. The van der Waals surface area contributed by atoms with E-state index in [0.29, 0.717) is 41.7 Å². The third-order valence-electron chi connectivity index (χ3n) is 5.12. The molecule has 0 bridgehead atoms. The van der Waals surface area contributed by atoms with E-state index in [1.807, 2.05) is 18.2 Å². The van der Waals surface area contributed by atoms with Crippen LogP contribution in [0.2, 0.25) is 5.02 Å². The van der Waals surface area contributed by atoms with Gasteiger partial charge in [-0.15, -0.1) is 0 Å². The monoisotopic (exact) mass is 420 g/mol. The summed E-state index contributed by atoms with van der Waals surface area (Å²) >= 11 is 6.37. The lowest BCUT2D eigenvalue weighted by atomic mass is 9.91. The number of aliphatic hydroxyl groups excluding tert-OH is 3. The Bertz CT molecular complexity index is 916. The molecule has 2 aromatic rings. The minimum absolute atomic E-state index is 0.492. The highest BCUT2D eigenvalue weighted by Gasteiger charge is 2.43. The van der Waals surface area contributed by atoms with Crippen molar-refractivity contribution in [3.05, 3.63) is 58.1 Å². The van der Waals surface area contributed by atoms with Gasteiger partial charge in [-0.2, -0.15) is 0 Å². The van der Waals surface area contributed by atoms with E-state index in [-0.39, 0.29) is 0 Å². The van der Waals surface area contributed by atoms with E-state index >= 15 is 0 Å². The molecule has 7 nitrogen and oxygen atoms in total. The number of rotatable bonds is 4. The average Bonchev–Trinajstić information content (AvgIpc) is 2.74. The second-order valence-corrected chi connectivity index (χ2v) is 7.48. The number of carbonyl (C=O) groups excluding carboxylic acids is 1. The zero-order chi connectivity index (χ0) is 20.5. The van der Waals surface area contributed by atoms with Crippen molar-refractivity contribution in [2.75, 3.05) is 19.8 Å². The zero-order valence-electron chi connectivity index (χ0n) is 15.5. The van der Waals surface area contributed by atoms with E-state index in [9.17, 15) is 20.1 Å². The van der Waals surface area contributed by atoms with E-state index in [0.717, 1.165) is 11.1 Å². The molecule has 1 fully saturated rings. The molecular weight excluding hydrogens is 400 g/mol. The van der Waals surface area contributed by atoms with Gasteiger partial charge in [-0.05, 0) is 41.3 Å². The number of Topliss-reactive ketones (excluding diaryl/α,β-unsaturated/α-hetero) is 1. The Balaban J connectivity index is 1.60. The lowest BCUT2D eigenvalue weighted by Crippen LogP contribution is -2.52. The Kier molecular flexibility index (Phi) is 5.76. The van der Waals surface area contributed by atoms with Gasteiger partial charge in [-0.3, -0.25) is 4.79 Å². The van der Waals surface area contributed by atoms with Crippen LogP contribution in [0.1, 0.15) is 22.8 Å². The van der Waals surface area contributed by atoms with Crippen molar-refractivity contribution in [2.45, 2.75) is 30.8 Å². The van der Waals surface area contributed by atoms with Crippen molar-refractivity contribution in [3.63, 3.8) is 0 Å². The summed E-state index contributed by atoms with van der Waals surface area (Å²) < 4.78 is 16.7. The molecule has 2 aliphatic rings. The Morgan fingerprint density at radius 1 is 1.00 bits per heavy atom. The van der Waals surface area contributed by atoms with Gasteiger partial charge in [0.15, 0.2) is 17.3 Å². The first kappa shape index (κ1) is 20.1. The third-order valence-corrected chi connectivity index (χ3v) is 5.49. The summed E-state index contributed by atoms with van der Waals surface area (Å²) in [4.78, 5) is 12.1. The quantitative estimate of drug-likeness (QED) is 0.687. The number of fused-ring (bicyclic) bond motifs is 1. The fraction of sp³-hybridized carbons (Fsp3) is 0.381. The van der Waals surface area contributed by atoms with Crippen molar-refractivity contribution < 1.29 is 34.3 Å². The van der Waals surface area contributed by atoms with Gasteiger partial charge < -0.3 is 29.5 Å². The highest BCUT2D eigenvalue weighted by molar-refractivity contribution is 6.31. The van der Waals surface area contributed by atoms with E-state index in [2.05, 4.69) is 0 Å². The summed E-state index contributed by atoms with van der Waals surface area (Å²) in [6, 6.07) is 10.7. The predicted molar refractivity (Wildman–Crippen MR) is 103 cm³/mol.